The number of rotatable bonds is 7. The highest BCUT2D eigenvalue weighted by Crippen LogP contribution is 2.20. The molecule has 2 aromatic carbocycles. The Morgan fingerprint density at radius 1 is 1.07 bits per heavy atom. The number of carbonyl (C=O) groups is 1. The molecule has 0 aromatic heterocycles. The van der Waals surface area contributed by atoms with Crippen molar-refractivity contribution >= 4 is 17.4 Å². The maximum absolute atomic E-state index is 13.9. The molecule has 0 spiro atoms. The quantitative estimate of drug-likeness (QED) is 0.733. The van der Waals surface area contributed by atoms with Crippen LogP contribution in [0, 0.1) is 5.82 Å². The zero-order valence-electron chi connectivity index (χ0n) is 15.2. The van der Waals surface area contributed by atoms with Crippen LogP contribution in [0.2, 0.25) is 0 Å². The van der Waals surface area contributed by atoms with E-state index in [2.05, 4.69) is 15.1 Å². The van der Waals surface area contributed by atoms with Crippen molar-refractivity contribution in [1.29, 1.82) is 0 Å². The van der Waals surface area contributed by atoms with Crippen LogP contribution in [0.1, 0.15) is 6.42 Å². The Kier molecular flexibility index (Phi) is 6.49. The van der Waals surface area contributed by atoms with Crippen LogP contribution in [0.3, 0.4) is 0 Å². The summed E-state index contributed by atoms with van der Waals surface area (Å²) in [5.74, 6) is 0.603. The summed E-state index contributed by atoms with van der Waals surface area (Å²) in [7, 11) is 0. The molecule has 2 aromatic rings. The second-order valence-corrected chi connectivity index (χ2v) is 6.50. The van der Waals surface area contributed by atoms with Crippen molar-refractivity contribution in [1.82, 2.24) is 4.90 Å². The number of urea groups is 1. The van der Waals surface area contributed by atoms with Crippen molar-refractivity contribution in [2.45, 2.75) is 6.42 Å². The topological polar surface area (TPSA) is 70.8 Å². The van der Waals surface area contributed by atoms with Gasteiger partial charge in [-0.2, -0.15) is 0 Å². The standard InChI is InChI=1S/C20H25FN4O2/c21-18-4-1-2-5-19(18)25-13-11-24(12-14-25)10-3-15-27-17-8-6-16(7-9-17)23-20(22)26/h1-2,4-9H,3,10-15H2,(H3,22,23,26). The van der Waals surface area contributed by atoms with E-state index in [4.69, 9.17) is 10.5 Å². The van der Waals surface area contributed by atoms with Crippen molar-refractivity contribution in [3.63, 3.8) is 0 Å². The van der Waals surface area contributed by atoms with Crippen LogP contribution in [-0.2, 0) is 0 Å². The summed E-state index contributed by atoms with van der Waals surface area (Å²) in [6.07, 6.45) is 0.918. The third-order valence-corrected chi connectivity index (χ3v) is 4.57. The molecule has 3 rings (SSSR count). The number of nitrogens with two attached hydrogens (primary N) is 1. The zero-order chi connectivity index (χ0) is 19.1. The first kappa shape index (κ1) is 19.0. The summed E-state index contributed by atoms with van der Waals surface area (Å²) in [4.78, 5) is 15.3. The van der Waals surface area contributed by atoms with E-state index < -0.39 is 6.03 Å². The number of hydrogen-bond donors (Lipinski definition) is 2. The number of para-hydroxylation sites is 1. The molecule has 6 nitrogen and oxygen atoms in total. The Morgan fingerprint density at radius 3 is 2.44 bits per heavy atom. The van der Waals surface area contributed by atoms with E-state index in [-0.39, 0.29) is 5.82 Å². The predicted molar refractivity (Wildman–Crippen MR) is 105 cm³/mol. The van der Waals surface area contributed by atoms with Gasteiger partial charge in [-0.3, -0.25) is 4.90 Å². The molecular formula is C20H25FN4O2. The summed E-state index contributed by atoms with van der Waals surface area (Å²) < 4.78 is 19.6. The minimum atomic E-state index is -0.584. The number of ether oxygens (including phenoxy) is 1. The lowest BCUT2D eigenvalue weighted by atomic mass is 10.2. The number of nitrogens with one attached hydrogen (secondary N) is 1. The fraction of sp³-hybridized carbons (Fsp3) is 0.350. The van der Waals surface area contributed by atoms with Crippen LogP contribution in [0.25, 0.3) is 0 Å². The molecule has 2 amide bonds. The number of anilines is 2. The minimum absolute atomic E-state index is 0.156. The lowest BCUT2D eigenvalue weighted by Gasteiger charge is -2.36. The van der Waals surface area contributed by atoms with E-state index in [1.165, 1.54) is 6.07 Å². The molecule has 0 atom stereocenters. The Balaban J connectivity index is 1.35. The molecule has 1 heterocycles. The molecule has 1 saturated heterocycles. The Hall–Kier alpha value is -2.80. The Morgan fingerprint density at radius 2 is 1.78 bits per heavy atom. The summed E-state index contributed by atoms with van der Waals surface area (Å²) in [5, 5.41) is 2.51. The number of primary amides is 1. The van der Waals surface area contributed by atoms with E-state index in [9.17, 15) is 9.18 Å². The molecule has 0 radical (unpaired) electrons. The van der Waals surface area contributed by atoms with Gasteiger partial charge in [-0.25, -0.2) is 9.18 Å². The number of amides is 2. The highest BCUT2D eigenvalue weighted by atomic mass is 19.1. The molecule has 0 saturated carbocycles. The number of nitrogens with zero attached hydrogens (tertiary/aromatic N) is 2. The van der Waals surface area contributed by atoms with Crippen molar-refractivity contribution < 1.29 is 13.9 Å². The summed E-state index contributed by atoms with van der Waals surface area (Å²) in [6.45, 7) is 5.07. The summed E-state index contributed by atoms with van der Waals surface area (Å²) >= 11 is 0. The lowest BCUT2D eigenvalue weighted by molar-refractivity contribution is 0.224. The van der Waals surface area contributed by atoms with Gasteiger partial charge in [0.05, 0.1) is 12.3 Å². The van der Waals surface area contributed by atoms with Gasteiger partial charge in [0, 0.05) is 38.4 Å². The molecule has 3 N–H and O–H groups in total. The van der Waals surface area contributed by atoms with E-state index in [1.54, 1.807) is 30.3 Å². The van der Waals surface area contributed by atoms with Crippen molar-refractivity contribution in [2.24, 2.45) is 5.73 Å². The number of carbonyl (C=O) groups excluding carboxylic acids is 1. The van der Waals surface area contributed by atoms with E-state index >= 15 is 0 Å². The fourth-order valence-electron chi connectivity index (χ4n) is 3.18. The van der Waals surface area contributed by atoms with Gasteiger partial charge in [-0.1, -0.05) is 12.1 Å². The van der Waals surface area contributed by atoms with Crippen LogP contribution in [0.4, 0.5) is 20.6 Å². The van der Waals surface area contributed by atoms with Crippen LogP contribution in [-0.4, -0.2) is 50.3 Å². The second kappa shape index (κ2) is 9.23. The van der Waals surface area contributed by atoms with Gasteiger partial charge in [0.25, 0.3) is 0 Å². The van der Waals surface area contributed by atoms with Gasteiger partial charge in [0.2, 0.25) is 0 Å². The molecule has 1 aliphatic heterocycles. The SMILES string of the molecule is NC(=O)Nc1ccc(OCCCN2CCN(c3ccccc3F)CC2)cc1. The number of piperazine rings is 1. The molecule has 0 bridgehead atoms. The molecular weight excluding hydrogens is 347 g/mol. The lowest BCUT2D eigenvalue weighted by Crippen LogP contribution is -2.47. The van der Waals surface area contributed by atoms with Gasteiger partial charge in [0.15, 0.2) is 0 Å². The van der Waals surface area contributed by atoms with Crippen LogP contribution in [0.15, 0.2) is 48.5 Å². The zero-order valence-corrected chi connectivity index (χ0v) is 15.2. The van der Waals surface area contributed by atoms with Crippen molar-refractivity contribution in [2.75, 3.05) is 49.5 Å². The fourth-order valence-corrected chi connectivity index (χ4v) is 3.18. The van der Waals surface area contributed by atoms with Gasteiger partial charge in [-0.15, -0.1) is 0 Å². The maximum Gasteiger partial charge on any atom is 0.316 e. The molecule has 0 unspecified atom stereocenters. The van der Waals surface area contributed by atoms with Gasteiger partial charge in [-0.05, 0) is 42.8 Å². The van der Waals surface area contributed by atoms with E-state index in [0.717, 1.165) is 44.9 Å². The van der Waals surface area contributed by atoms with Crippen LogP contribution in [0.5, 0.6) is 5.75 Å². The first-order valence-electron chi connectivity index (χ1n) is 9.13. The van der Waals surface area contributed by atoms with Crippen LogP contribution < -0.4 is 20.7 Å². The molecule has 1 aliphatic rings. The molecule has 0 aliphatic carbocycles. The number of hydrogen-bond acceptors (Lipinski definition) is 4. The highest BCUT2D eigenvalue weighted by molar-refractivity contribution is 5.87. The summed E-state index contributed by atoms with van der Waals surface area (Å²) in [6, 6.07) is 13.5. The van der Waals surface area contributed by atoms with Gasteiger partial charge >= 0.3 is 6.03 Å². The van der Waals surface area contributed by atoms with Crippen molar-refractivity contribution in [3.05, 3.63) is 54.3 Å². The first-order valence-corrected chi connectivity index (χ1v) is 9.13. The highest BCUT2D eigenvalue weighted by Gasteiger charge is 2.18. The predicted octanol–water partition coefficient (Wildman–Crippen LogP) is 2.91. The molecule has 7 heteroatoms. The number of halogens is 1. The smallest absolute Gasteiger partial charge is 0.316 e. The third-order valence-electron chi connectivity index (χ3n) is 4.57. The van der Waals surface area contributed by atoms with Gasteiger partial charge in [0.1, 0.15) is 11.6 Å². The first-order chi connectivity index (χ1) is 13.1. The monoisotopic (exact) mass is 372 g/mol. The Bertz CT molecular complexity index is 746. The average molecular weight is 372 g/mol. The Labute approximate surface area is 158 Å². The largest absolute Gasteiger partial charge is 0.494 e. The molecule has 1 fully saturated rings. The van der Waals surface area contributed by atoms with Gasteiger partial charge < -0.3 is 20.7 Å². The average Bonchev–Trinajstić information content (AvgIpc) is 2.67. The second-order valence-electron chi connectivity index (χ2n) is 6.50. The van der Waals surface area contributed by atoms with E-state index in [1.807, 2.05) is 12.1 Å². The number of benzene rings is 2. The third kappa shape index (κ3) is 5.59. The van der Waals surface area contributed by atoms with Crippen LogP contribution >= 0.6 is 0 Å². The minimum Gasteiger partial charge on any atom is -0.494 e. The maximum atomic E-state index is 13.9. The van der Waals surface area contributed by atoms with Crippen molar-refractivity contribution in [3.8, 4) is 5.75 Å². The summed E-state index contributed by atoms with van der Waals surface area (Å²) in [5.41, 5.74) is 6.40. The van der Waals surface area contributed by atoms with E-state index in [0.29, 0.717) is 18.0 Å². The molecule has 27 heavy (non-hydrogen) atoms. The normalized spacial score (nSPS) is 14.8. The molecule has 144 valence electrons.